The molecule has 0 saturated heterocycles. The van der Waals surface area contributed by atoms with E-state index in [9.17, 15) is 14.7 Å². The minimum atomic E-state index is -0.793. The number of carbonyl (C=O) groups is 2. The molecule has 48 heavy (non-hydrogen) atoms. The molecular weight excluding hydrogens is 596 g/mol. The lowest BCUT2D eigenvalue weighted by Crippen LogP contribution is -2.28. The fourth-order valence-electron chi connectivity index (χ4n) is 5.73. The van der Waals surface area contributed by atoms with Crippen molar-refractivity contribution in [3.05, 3.63) is 36.5 Å². The molecule has 0 radical (unpaired) electrons. The number of aliphatic hydroxyl groups is 1. The van der Waals surface area contributed by atoms with Gasteiger partial charge in [0.25, 0.3) is 0 Å². The number of hydrogen-bond acceptors (Lipinski definition) is 5. The van der Waals surface area contributed by atoms with Crippen LogP contribution in [0, 0.1) is 0 Å². The number of aliphatic hydroxyl groups excluding tert-OH is 1. The number of rotatable bonds is 37. The highest BCUT2D eigenvalue weighted by Crippen LogP contribution is 2.14. The number of unbranched alkanes of at least 4 members (excludes halogenated alkanes) is 23. The van der Waals surface area contributed by atoms with E-state index in [1.165, 1.54) is 128 Å². The molecule has 0 amide bonds. The summed E-state index contributed by atoms with van der Waals surface area (Å²) < 4.78 is 10.5. The Kier molecular flexibility index (Phi) is 38.0. The van der Waals surface area contributed by atoms with E-state index in [0.29, 0.717) is 19.3 Å². The van der Waals surface area contributed by atoms with Crippen LogP contribution in [0.5, 0.6) is 0 Å². The SMILES string of the molecule is CCCC/C=C/CCCCCCCC(=O)OC[C@H](CO)OC(=O)CCC/C=C/CC/C=C/CCCCCCCCCCCCCCCC. The van der Waals surface area contributed by atoms with Crippen molar-refractivity contribution in [2.45, 2.75) is 213 Å². The van der Waals surface area contributed by atoms with E-state index in [-0.39, 0.29) is 25.2 Å². The predicted molar refractivity (Wildman–Crippen MR) is 205 cm³/mol. The first-order valence-electron chi connectivity index (χ1n) is 20.5. The molecular formula is C43H78O5. The number of ether oxygens (including phenoxy) is 2. The van der Waals surface area contributed by atoms with Crippen molar-refractivity contribution in [2.24, 2.45) is 0 Å². The minimum absolute atomic E-state index is 0.0851. The van der Waals surface area contributed by atoms with Crippen molar-refractivity contribution in [3.8, 4) is 0 Å². The van der Waals surface area contributed by atoms with E-state index >= 15 is 0 Å². The summed E-state index contributed by atoms with van der Waals surface area (Å²) in [5, 5.41) is 9.53. The van der Waals surface area contributed by atoms with Crippen molar-refractivity contribution >= 4 is 11.9 Å². The topological polar surface area (TPSA) is 72.8 Å². The largest absolute Gasteiger partial charge is 0.462 e. The second-order valence-electron chi connectivity index (χ2n) is 13.7. The monoisotopic (exact) mass is 675 g/mol. The van der Waals surface area contributed by atoms with Gasteiger partial charge in [0.1, 0.15) is 6.61 Å². The maximum atomic E-state index is 12.1. The van der Waals surface area contributed by atoms with Crippen LogP contribution in [0.15, 0.2) is 36.5 Å². The molecule has 1 N–H and O–H groups in total. The van der Waals surface area contributed by atoms with Gasteiger partial charge in [-0.05, 0) is 64.2 Å². The maximum Gasteiger partial charge on any atom is 0.306 e. The lowest BCUT2D eigenvalue weighted by Gasteiger charge is -2.15. The molecule has 0 bridgehead atoms. The van der Waals surface area contributed by atoms with Gasteiger partial charge in [0.15, 0.2) is 6.10 Å². The quantitative estimate of drug-likeness (QED) is 0.0403. The third-order valence-electron chi connectivity index (χ3n) is 8.88. The third-order valence-corrected chi connectivity index (χ3v) is 8.88. The Morgan fingerprint density at radius 3 is 1.31 bits per heavy atom. The molecule has 0 unspecified atom stereocenters. The summed E-state index contributed by atoms with van der Waals surface area (Å²) >= 11 is 0. The van der Waals surface area contributed by atoms with Gasteiger partial charge in [-0.25, -0.2) is 0 Å². The van der Waals surface area contributed by atoms with Gasteiger partial charge in [-0.3, -0.25) is 9.59 Å². The Bertz CT molecular complexity index is 771. The molecule has 0 aliphatic carbocycles. The molecule has 0 heterocycles. The fourth-order valence-corrected chi connectivity index (χ4v) is 5.73. The van der Waals surface area contributed by atoms with Crippen LogP contribution in [0.4, 0.5) is 0 Å². The Morgan fingerprint density at radius 2 is 0.833 bits per heavy atom. The average Bonchev–Trinajstić information content (AvgIpc) is 3.09. The van der Waals surface area contributed by atoms with Crippen LogP contribution in [-0.4, -0.2) is 36.4 Å². The van der Waals surface area contributed by atoms with E-state index in [0.717, 1.165) is 44.9 Å². The first kappa shape index (κ1) is 46.1. The van der Waals surface area contributed by atoms with Crippen LogP contribution in [0.1, 0.15) is 206 Å². The van der Waals surface area contributed by atoms with Crippen LogP contribution >= 0.6 is 0 Å². The summed E-state index contributed by atoms with van der Waals surface area (Å²) in [7, 11) is 0. The first-order valence-corrected chi connectivity index (χ1v) is 20.5. The first-order chi connectivity index (χ1) is 23.6. The molecule has 0 aliphatic rings. The highest BCUT2D eigenvalue weighted by atomic mass is 16.6. The van der Waals surface area contributed by atoms with Crippen molar-refractivity contribution in [1.29, 1.82) is 0 Å². The lowest BCUT2D eigenvalue weighted by molar-refractivity contribution is -0.161. The van der Waals surface area contributed by atoms with Gasteiger partial charge in [-0.1, -0.05) is 166 Å². The van der Waals surface area contributed by atoms with Crippen molar-refractivity contribution in [2.75, 3.05) is 13.2 Å². The van der Waals surface area contributed by atoms with Gasteiger partial charge in [0.2, 0.25) is 0 Å². The zero-order chi connectivity index (χ0) is 35.0. The van der Waals surface area contributed by atoms with Crippen molar-refractivity contribution < 1.29 is 24.2 Å². The Labute approximate surface area is 297 Å². The fraction of sp³-hybridized carbons (Fsp3) is 0.814. The van der Waals surface area contributed by atoms with E-state index in [2.05, 4.69) is 50.3 Å². The summed E-state index contributed by atoms with van der Waals surface area (Å²) in [6.45, 7) is 4.06. The van der Waals surface area contributed by atoms with Gasteiger partial charge in [0.05, 0.1) is 6.61 Å². The molecule has 0 saturated carbocycles. The summed E-state index contributed by atoms with van der Waals surface area (Å²) in [4.78, 5) is 24.2. The van der Waals surface area contributed by atoms with Gasteiger partial charge >= 0.3 is 11.9 Å². The third kappa shape index (κ3) is 36.9. The molecule has 0 aromatic rings. The molecule has 5 heteroatoms. The van der Waals surface area contributed by atoms with E-state index < -0.39 is 6.10 Å². The summed E-state index contributed by atoms with van der Waals surface area (Å²) in [5.74, 6) is -0.650. The molecule has 0 rings (SSSR count). The molecule has 280 valence electrons. The molecule has 0 aromatic carbocycles. The molecule has 1 atom stereocenters. The van der Waals surface area contributed by atoms with Crippen molar-refractivity contribution in [1.82, 2.24) is 0 Å². The van der Waals surface area contributed by atoms with Gasteiger partial charge in [-0.2, -0.15) is 0 Å². The average molecular weight is 675 g/mol. The molecule has 5 nitrogen and oxygen atoms in total. The molecule has 0 aromatic heterocycles. The maximum absolute atomic E-state index is 12.1. The smallest absolute Gasteiger partial charge is 0.306 e. The highest BCUT2D eigenvalue weighted by molar-refractivity contribution is 5.70. The van der Waals surface area contributed by atoms with Gasteiger partial charge in [0, 0.05) is 12.8 Å². The second-order valence-corrected chi connectivity index (χ2v) is 13.7. The van der Waals surface area contributed by atoms with Crippen LogP contribution in [0.3, 0.4) is 0 Å². The number of esters is 2. The van der Waals surface area contributed by atoms with E-state index in [1.54, 1.807) is 0 Å². The summed E-state index contributed by atoms with van der Waals surface area (Å²) in [6.07, 6.45) is 48.0. The second kappa shape index (κ2) is 39.6. The van der Waals surface area contributed by atoms with Crippen LogP contribution in [0.2, 0.25) is 0 Å². The van der Waals surface area contributed by atoms with E-state index in [4.69, 9.17) is 9.47 Å². The van der Waals surface area contributed by atoms with Crippen molar-refractivity contribution in [3.63, 3.8) is 0 Å². The molecule has 0 aliphatic heterocycles. The lowest BCUT2D eigenvalue weighted by atomic mass is 10.0. The summed E-state index contributed by atoms with van der Waals surface area (Å²) in [6, 6.07) is 0. The van der Waals surface area contributed by atoms with Crippen LogP contribution in [-0.2, 0) is 19.1 Å². The van der Waals surface area contributed by atoms with Crippen LogP contribution in [0.25, 0.3) is 0 Å². The minimum Gasteiger partial charge on any atom is -0.462 e. The normalized spacial score (nSPS) is 12.5. The Hall–Kier alpha value is -1.88. The van der Waals surface area contributed by atoms with Crippen LogP contribution < -0.4 is 0 Å². The summed E-state index contributed by atoms with van der Waals surface area (Å²) in [5.41, 5.74) is 0. The zero-order valence-electron chi connectivity index (χ0n) is 31.7. The predicted octanol–water partition coefficient (Wildman–Crippen LogP) is 12.8. The standard InChI is InChI=1S/C43H78O5/c1-3-5-7-9-11-13-15-16-17-18-19-20-21-22-23-24-25-26-28-30-32-34-36-38-43(46)48-41(39-44)40-47-42(45)37-35-33-31-29-27-14-12-10-8-6-4-2/h10,12,24-25,30,32,41,44H,3-9,11,13-23,26-29,31,33-40H2,1-2H3/b12-10+,25-24+,32-30+/t41-/m0/s1. The van der Waals surface area contributed by atoms with Gasteiger partial charge < -0.3 is 14.6 Å². The number of allylic oxidation sites excluding steroid dienone is 6. The zero-order valence-corrected chi connectivity index (χ0v) is 31.7. The Morgan fingerprint density at radius 1 is 0.458 bits per heavy atom. The number of hydrogen-bond donors (Lipinski definition) is 1. The van der Waals surface area contributed by atoms with Gasteiger partial charge in [-0.15, -0.1) is 0 Å². The Balaban J connectivity index is 3.57. The van der Waals surface area contributed by atoms with E-state index in [1.807, 2.05) is 0 Å². The molecule has 0 spiro atoms. The number of carbonyl (C=O) groups excluding carboxylic acids is 2. The molecule has 0 fully saturated rings. The highest BCUT2D eigenvalue weighted by Gasteiger charge is 2.15.